The predicted molar refractivity (Wildman–Crippen MR) is 115 cm³/mol. The molecule has 1 N–H and O–H groups in total. The Morgan fingerprint density at radius 1 is 1.21 bits per heavy atom. The number of carbonyl (C=O) groups excluding carboxylic acids is 1. The Kier molecular flexibility index (Phi) is 6.17. The van der Waals surface area contributed by atoms with Crippen molar-refractivity contribution in [1.29, 1.82) is 0 Å². The van der Waals surface area contributed by atoms with Gasteiger partial charge in [0.25, 0.3) is 5.91 Å². The second-order valence-corrected chi connectivity index (χ2v) is 8.65. The molecule has 6 nitrogen and oxygen atoms in total. The molecule has 154 valence electrons. The van der Waals surface area contributed by atoms with E-state index in [0.29, 0.717) is 11.3 Å². The zero-order chi connectivity index (χ0) is 21.3. The largest absolute Gasteiger partial charge is 0.480 e. The standard InChI is InChI=1S/C22H25BrN2O4/c1-13(2)20-21(26)25(12-14-5-8-16(9-6-14)24(3)4)19(22(27)28)17-11-15(23)7-10-18(17)29-20/h5-11,13,19-20H,12H2,1-4H3,(H,27,28). The van der Waals surface area contributed by atoms with Crippen molar-refractivity contribution in [2.75, 3.05) is 19.0 Å². The zero-order valence-corrected chi connectivity index (χ0v) is 18.5. The third-order valence-corrected chi connectivity index (χ3v) is 5.50. The topological polar surface area (TPSA) is 70.1 Å². The third-order valence-electron chi connectivity index (χ3n) is 5.00. The number of anilines is 1. The van der Waals surface area contributed by atoms with Crippen LogP contribution in [0.4, 0.5) is 5.69 Å². The number of benzene rings is 2. The monoisotopic (exact) mass is 460 g/mol. The van der Waals surface area contributed by atoms with Gasteiger partial charge in [-0.05, 0) is 41.8 Å². The second kappa shape index (κ2) is 8.45. The number of ether oxygens (including phenoxy) is 1. The number of carbonyl (C=O) groups is 2. The molecule has 0 aliphatic carbocycles. The van der Waals surface area contributed by atoms with Crippen molar-refractivity contribution in [1.82, 2.24) is 4.90 Å². The van der Waals surface area contributed by atoms with E-state index in [9.17, 15) is 14.7 Å². The number of halogens is 1. The van der Waals surface area contributed by atoms with E-state index in [-0.39, 0.29) is 18.4 Å². The van der Waals surface area contributed by atoms with Gasteiger partial charge in [0.2, 0.25) is 0 Å². The molecule has 0 aromatic heterocycles. The molecule has 29 heavy (non-hydrogen) atoms. The first-order valence-electron chi connectivity index (χ1n) is 9.44. The lowest BCUT2D eigenvalue weighted by Crippen LogP contribution is -2.45. The van der Waals surface area contributed by atoms with Crippen molar-refractivity contribution in [3.63, 3.8) is 0 Å². The summed E-state index contributed by atoms with van der Waals surface area (Å²) in [6.07, 6.45) is -0.750. The minimum atomic E-state index is -1.13. The Morgan fingerprint density at radius 3 is 2.41 bits per heavy atom. The van der Waals surface area contributed by atoms with Crippen LogP contribution in [0.25, 0.3) is 0 Å². The highest BCUT2D eigenvalue weighted by molar-refractivity contribution is 9.10. The molecule has 2 atom stereocenters. The summed E-state index contributed by atoms with van der Waals surface area (Å²) in [7, 11) is 3.90. The third kappa shape index (κ3) is 4.40. The molecular weight excluding hydrogens is 436 g/mol. The number of fused-ring (bicyclic) bond motifs is 1. The maximum Gasteiger partial charge on any atom is 0.331 e. The molecule has 1 aliphatic heterocycles. The summed E-state index contributed by atoms with van der Waals surface area (Å²) < 4.78 is 6.74. The van der Waals surface area contributed by atoms with Crippen LogP contribution in [0.15, 0.2) is 46.9 Å². The van der Waals surface area contributed by atoms with Gasteiger partial charge in [0.05, 0.1) is 0 Å². The average Bonchev–Trinajstić information content (AvgIpc) is 2.77. The summed E-state index contributed by atoms with van der Waals surface area (Å²) in [5.74, 6) is -1.09. The second-order valence-electron chi connectivity index (χ2n) is 7.73. The van der Waals surface area contributed by atoms with Crippen LogP contribution in [-0.2, 0) is 16.1 Å². The van der Waals surface area contributed by atoms with Gasteiger partial charge in [-0.15, -0.1) is 0 Å². The number of hydrogen-bond acceptors (Lipinski definition) is 4. The quantitative estimate of drug-likeness (QED) is 0.727. The minimum absolute atomic E-state index is 0.106. The fraction of sp³-hybridized carbons (Fsp3) is 0.364. The molecule has 1 heterocycles. The molecule has 2 aromatic rings. The molecule has 2 unspecified atom stereocenters. The van der Waals surface area contributed by atoms with Gasteiger partial charge in [0, 0.05) is 36.4 Å². The summed E-state index contributed by atoms with van der Waals surface area (Å²) in [4.78, 5) is 29.0. The number of amides is 1. The van der Waals surface area contributed by atoms with E-state index >= 15 is 0 Å². The van der Waals surface area contributed by atoms with Crippen molar-refractivity contribution in [2.24, 2.45) is 5.92 Å². The lowest BCUT2D eigenvalue weighted by atomic mass is 10.0. The number of hydrogen-bond donors (Lipinski definition) is 1. The molecule has 0 radical (unpaired) electrons. The predicted octanol–water partition coefficient (Wildman–Crippen LogP) is 4.09. The number of carboxylic acid groups (broad SMARTS) is 1. The fourth-order valence-electron chi connectivity index (χ4n) is 3.44. The Hall–Kier alpha value is -2.54. The van der Waals surface area contributed by atoms with E-state index in [0.717, 1.165) is 15.7 Å². The average molecular weight is 461 g/mol. The molecule has 1 aliphatic rings. The Bertz CT molecular complexity index is 912. The lowest BCUT2D eigenvalue weighted by Gasteiger charge is -2.30. The zero-order valence-electron chi connectivity index (χ0n) is 16.9. The highest BCUT2D eigenvalue weighted by atomic mass is 79.9. The van der Waals surface area contributed by atoms with E-state index in [1.54, 1.807) is 18.2 Å². The fourth-order valence-corrected chi connectivity index (χ4v) is 3.82. The van der Waals surface area contributed by atoms with Crippen LogP contribution < -0.4 is 9.64 Å². The van der Waals surface area contributed by atoms with E-state index in [2.05, 4.69) is 15.9 Å². The van der Waals surface area contributed by atoms with Crippen LogP contribution >= 0.6 is 15.9 Å². The van der Waals surface area contributed by atoms with E-state index in [1.807, 2.05) is 57.1 Å². The molecule has 0 bridgehead atoms. The molecule has 0 fully saturated rings. The Balaban J connectivity index is 2.07. The molecule has 7 heteroatoms. The molecule has 2 aromatic carbocycles. The SMILES string of the molecule is CC(C)C1Oc2ccc(Br)cc2C(C(=O)O)N(Cc2ccc(N(C)C)cc2)C1=O. The van der Waals surface area contributed by atoms with E-state index in [4.69, 9.17) is 4.74 Å². The van der Waals surface area contributed by atoms with Gasteiger partial charge in [-0.2, -0.15) is 0 Å². The van der Waals surface area contributed by atoms with Crippen LogP contribution in [-0.4, -0.2) is 42.1 Å². The van der Waals surface area contributed by atoms with E-state index < -0.39 is 18.1 Å². The van der Waals surface area contributed by atoms with Crippen molar-refractivity contribution >= 4 is 33.5 Å². The highest BCUT2D eigenvalue weighted by Gasteiger charge is 2.42. The smallest absolute Gasteiger partial charge is 0.331 e. The van der Waals surface area contributed by atoms with Crippen molar-refractivity contribution in [3.8, 4) is 5.75 Å². The van der Waals surface area contributed by atoms with Gasteiger partial charge in [-0.25, -0.2) is 4.79 Å². The highest BCUT2D eigenvalue weighted by Crippen LogP contribution is 2.38. The van der Waals surface area contributed by atoms with Gasteiger partial charge < -0.3 is 19.6 Å². The molecular formula is C22H25BrN2O4. The first-order valence-corrected chi connectivity index (χ1v) is 10.2. The van der Waals surface area contributed by atoms with Crippen LogP contribution in [0.3, 0.4) is 0 Å². The number of carboxylic acids is 1. The van der Waals surface area contributed by atoms with Gasteiger partial charge >= 0.3 is 5.97 Å². The minimum Gasteiger partial charge on any atom is -0.480 e. The first kappa shape index (κ1) is 21.2. The van der Waals surface area contributed by atoms with Gasteiger partial charge in [-0.3, -0.25) is 4.79 Å². The summed E-state index contributed by atoms with van der Waals surface area (Å²) in [5.41, 5.74) is 2.35. The molecule has 0 spiro atoms. The Morgan fingerprint density at radius 2 is 1.86 bits per heavy atom. The summed E-state index contributed by atoms with van der Waals surface area (Å²) in [6.45, 7) is 3.97. The number of aliphatic carboxylic acids is 1. The first-order chi connectivity index (χ1) is 13.7. The summed E-state index contributed by atoms with van der Waals surface area (Å²) >= 11 is 3.40. The van der Waals surface area contributed by atoms with Crippen LogP contribution in [0.1, 0.15) is 31.0 Å². The number of rotatable bonds is 5. The molecule has 0 saturated heterocycles. The summed E-state index contributed by atoms with van der Waals surface area (Å²) in [6, 6.07) is 11.8. The van der Waals surface area contributed by atoms with Crippen molar-refractivity contribution in [2.45, 2.75) is 32.5 Å². The van der Waals surface area contributed by atoms with Crippen LogP contribution in [0.2, 0.25) is 0 Å². The normalized spacial score (nSPS) is 18.8. The van der Waals surface area contributed by atoms with Crippen LogP contribution in [0, 0.1) is 5.92 Å². The maximum atomic E-state index is 13.4. The molecule has 1 amide bonds. The summed E-state index contributed by atoms with van der Waals surface area (Å²) in [5, 5.41) is 10.0. The number of nitrogens with zero attached hydrogens (tertiary/aromatic N) is 2. The van der Waals surface area contributed by atoms with Crippen LogP contribution in [0.5, 0.6) is 5.75 Å². The van der Waals surface area contributed by atoms with Crippen molar-refractivity contribution < 1.29 is 19.4 Å². The van der Waals surface area contributed by atoms with Gasteiger partial charge in [0.15, 0.2) is 12.1 Å². The maximum absolute atomic E-state index is 13.4. The van der Waals surface area contributed by atoms with Gasteiger partial charge in [-0.1, -0.05) is 41.9 Å². The van der Waals surface area contributed by atoms with Crippen molar-refractivity contribution in [3.05, 3.63) is 58.1 Å². The molecule has 0 saturated carbocycles. The Labute approximate surface area is 179 Å². The van der Waals surface area contributed by atoms with Gasteiger partial charge in [0.1, 0.15) is 5.75 Å². The van der Waals surface area contributed by atoms with E-state index in [1.165, 1.54) is 4.90 Å². The lowest BCUT2D eigenvalue weighted by molar-refractivity contribution is -0.154. The molecule has 3 rings (SSSR count).